The number of hydrogen-bond donors (Lipinski definition) is 2. The van der Waals surface area contributed by atoms with Crippen molar-refractivity contribution in [2.24, 2.45) is 5.73 Å². The normalized spacial score (nSPS) is 11.1. The Kier molecular flexibility index (Phi) is 5.79. The van der Waals surface area contributed by atoms with E-state index >= 15 is 0 Å². The molecule has 0 aliphatic heterocycles. The van der Waals surface area contributed by atoms with Gasteiger partial charge in [0.15, 0.2) is 0 Å². The summed E-state index contributed by atoms with van der Waals surface area (Å²) in [6, 6.07) is 19.1. The number of carbonyl (C=O) groups excluding carboxylic acids is 1. The molecule has 0 unspecified atom stereocenters. The van der Waals surface area contributed by atoms with E-state index in [1.807, 2.05) is 44.2 Å². The van der Waals surface area contributed by atoms with Gasteiger partial charge in [0.05, 0.1) is 17.3 Å². The topological polar surface area (TPSA) is 77.2 Å². The number of nitrogens with one attached hydrogen (secondary N) is 1. The van der Waals surface area contributed by atoms with Gasteiger partial charge in [0.1, 0.15) is 5.75 Å². The van der Waals surface area contributed by atoms with E-state index < -0.39 is 0 Å². The molecule has 3 N–H and O–H groups in total. The van der Waals surface area contributed by atoms with Crippen molar-refractivity contribution < 1.29 is 9.53 Å². The van der Waals surface area contributed by atoms with Gasteiger partial charge in [0.25, 0.3) is 5.91 Å². The summed E-state index contributed by atoms with van der Waals surface area (Å²) in [5.74, 6) is 0.554. The van der Waals surface area contributed by atoms with Crippen LogP contribution in [0.4, 0.5) is 5.69 Å². The number of thiophene rings is 1. The standard InChI is InChI=1S/C24H23N3O2S/c1-15(2)29-17-8-6-16(7-9-17)24(28)27-21-5-3-4-20-19(12-13-26-23(20)21)22-11-10-18(14-25)30-22/h3-13,15H,14,25H2,1-2H3,(H,27,28). The van der Waals surface area contributed by atoms with Crippen LogP contribution in [0.5, 0.6) is 5.75 Å². The molecule has 2 aromatic carbocycles. The van der Waals surface area contributed by atoms with Crippen molar-refractivity contribution in [3.05, 3.63) is 77.3 Å². The van der Waals surface area contributed by atoms with Crippen LogP contribution in [0.1, 0.15) is 29.1 Å². The number of aromatic nitrogens is 1. The maximum atomic E-state index is 12.8. The van der Waals surface area contributed by atoms with Crippen LogP contribution in [0.3, 0.4) is 0 Å². The van der Waals surface area contributed by atoms with Crippen LogP contribution >= 0.6 is 11.3 Å². The van der Waals surface area contributed by atoms with E-state index in [0.29, 0.717) is 17.8 Å². The van der Waals surface area contributed by atoms with Crippen LogP contribution in [-0.4, -0.2) is 17.0 Å². The van der Waals surface area contributed by atoms with Crippen LogP contribution in [0.15, 0.2) is 66.9 Å². The van der Waals surface area contributed by atoms with Gasteiger partial charge in [0, 0.05) is 39.0 Å². The highest BCUT2D eigenvalue weighted by Crippen LogP contribution is 2.35. The summed E-state index contributed by atoms with van der Waals surface area (Å²) < 4.78 is 5.64. The quantitative estimate of drug-likeness (QED) is 0.437. The second-order valence-electron chi connectivity index (χ2n) is 7.18. The third kappa shape index (κ3) is 4.20. The summed E-state index contributed by atoms with van der Waals surface area (Å²) in [6.45, 7) is 4.46. The van der Waals surface area contributed by atoms with Crippen LogP contribution in [0.25, 0.3) is 21.3 Å². The summed E-state index contributed by atoms with van der Waals surface area (Å²) in [7, 11) is 0. The van der Waals surface area contributed by atoms with E-state index in [9.17, 15) is 4.79 Å². The van der Waals surface area contributed by atoms with Crippen molar-refractivity contribution in [1.82, 2.24) is 4.98 Å². The lowest BCUT2D eigenvalue weighted by molar-refractivity contribution is 0.102. The summed E-state index contributed by atoms with van der Waals surface area (Å²) in [5.41, 5.74) is 8.84. The Labute approximate surface area is 179 Å². The average molecular weight is 418 g/mol. The van der Waals surface area contributed by atoms with Crippen LogP contribution in [0, 0.1) is 0 Å². The second-order valence-corrected chi connectivity index (χ2v) is 8.34. The molecule has 4 rings (SSSR count). The molecule has 4 aromatic rings. The third-order valence-electron chi connectivity index (χ3n) is 4.64. The number of para-hydroxylation sites is 1. The van der Waals surface area contributed by atoms with Gasteiger partial charge in [-0.2, -0.15) is 0 Å². The molecule has 1 amide bonds. The molecule has 0 saturated carbocycles. The molecule has 2 heterocycles. The predicted molar refractivity (Wildman–Crippen MR) is 123 cm³/mol. The summed E-state index contributed by atoms with van der Waals surface area (Å²) in [6.07, 6.45) is 1.86. The van der Waals surface area contributed by atoms with Gasteiger partial charge < -0.3 is 15.8 Å². The van der Waals surface area contributed by atoms with Crippen LogP contribution in [-0.2, 0) is 6.54 Å². The van der Waals surface area contributed by atoms with Crippen molar-refractivity contribution in [3.63, 3.8) is 0 Å². The van der Waals surface area contributed by atoms with Gasteiger partial charge in [-0.05, 0) is 62.4 Å². The van der Waals surface area contributed by atoms with Crippen molar-refractivity contribution in [3.8, 4) is 16.2 Å². The van der Waals surface area contributed by atoms with E-state index in [-0.39, 0.29) is 12.0 Å². The Hall–Kier alpha value is -3.22. The molecule has 5 nitrogen and oxygen atoms in total. The fraction of sp³-hybridized carbons (Fsp3) is 0.167. The maximum Gasteiger partial charge on any atom is 0.255 e. The zero-order chi connectivity index (χ0) is 21.1. The number of pyridine rings is 1. The lowest BCUT2D eigenvalue weighted by Crippen LogP contribution is -2.12. The number of hydrogen-bond acceptors (Lipinski definition) is 5. The fourth-order valence-electron chi connectivity index (χ4n) is 3.28. The molecule has 0 saturated heterocycles. The zero-order valence-corrected chi connectivity index (χ0v) is 17.7. The van der Waals surface area contributed by atoms with Gasteiger partial charge in [0.2, 0.25) is 0 Å². The van der Waals surface area contributed by atoms with E-state index in [1.165, 1.54) is 0 Å². The summed E-state index contributed by atoms with van der Waals surface area (Å²) in [4.78, 5) is 19.6. The monoisotopic (exact) mass is 417 g/mol. The number of rotatable bonds is 6. The van der Waals surface area contributed by atoms with Gasteiger partial charge in [-0.25, -0.2) is 0 Å². The van der Waals surface area contributed by atoms with Crippen LogP contribution in [0.2, 0.25) is 0 Å². The van der Waals surface area contributed by atoms with Crippen molar-refractivity contribution in [1.29, 1.82) is 0 Å². The van der Waals surface area contributed by atoms with E-state index in [2.05, 4.69) is 16.4 Å². The first kappa shape index (κ1) is 20.1. The summed E-state index contributed by atoms with van der Waals surface area (Å²) in [5, 5.41) is 3.99. The predicted octanol–water partition coefficient (Wildman–Crippen LogP) is 5.46. The average Bonchev–Trinajstić information content (AvgIpc) is 3.23. The minimum Gasteiger partial charge on any atom is -0.491 e. The molecule has 6 heteroatoms. The van der Waals surface area contributed by atoms with Crippen molar-refractivity contribution in [2.75, 3.05) is 5.32 Å². The lowest BCUT2D eigenvalue weighted by atomic mass is 10.1. The molecule has 0 spiro atoms. The molecule has 2 aromatic heterocycles. The molecule has 0 fully saturated rings. The minimum absolute atomic E-state index is 0.0879. The molecule has 0 aliphatic rings. The molecule has 0 bridgehead atoms. The van der Waals surface area contributed by atoms with Crippen molar-refractivity contribution in [2.45, 2.75) is 26.5 Å². The molecule has 0 radical (unpaired) electrons. The van der Waals surface area contributed by atoms with Gasteiger partial charge >= 0.3 is 0 Å². The zero-order valence-electron chi connectivity index (χ0n) is 16.9. The maximum absolute atomic E-state index is 12.8. The van der Waals surface area contributed by atoms with Gasteiger partial charge in [-0.1, -0.05) is 12.1 Å². The number of nitrogens with two attached hydrogens (primary N) is 1. The first-order valence-corrected chi connectivity index (χ1v) is 10.6. The smallest absolute Gasteiger partial charge is 0.255 e. The molecule has 30 heavy (non-hydrogen) atoms. The highest BCUT2D eigenvalue weighted by atomic mass is 32.1. The Morgan fingerprint density at radius 1 is 1.10 bits per heavy atom. The van der Waals surface area contributed by atoms with Gasteiger partial charge in [-0.3, -0.25) is 9.78 Å². The lowest BCUT2D eigenvalue weighted by Gasteiger charge is -2.12. The number of amides is 1. The Bertz CT molecular complexity index is 1180. The fourth-order valence-corrected chi connectivity index (χ4v) is 4.20. The second kappa shape index (κ2) is 8.65. The molecular formula is C24H23N3O2S. The Balaban J connectivity index is 1.63. The molecule has 0 atom stereocenters. The highest BCUT2D eigenvalue weighted by Gasteiger charge is 2.13. The number of anilines is 1. The number of benzene rings is 2. The minimum atomic E-state index is -0.188. The van der Waals surface area contributed by atoms with Crippen LogP contribution < -0.4 is 15.8 Å². The summed E-state index contributed by atoms with van der Waals surface area (Å²) >= 11 is 1.67. The first-order chi connectivity index (χ1) is 14.5. The van der Waals surface area contributed by atoms with E-state index in [1.54, 1.807) is 41.8 Å². The Morgan fingerprint density at radius 3 is 2.60 bits per heavy atom. The number of carbonyl (C=O) groups is 1. The van der Waals surface area contributed by atoms with E-state index in [4.69, 9.17) is 10.5 Å². The Morgan fingerprint density at radius 2 is 1.90 bits per heavy atom. The highest BCUT2D eigenvalue weighted by molar-refractivity contribution is 7.15. The van der Waals surface area contributed by atoms with Gasteiger partial charge in [-0.15, -0.1) is 11.3 Å². The SMILES string of the molecule is CC(C)Oc1ccc(C(=O)Nc2cccc3c(-c4ccc(CN)s4)ccnc23)cc1. The number of nitrogens with zero attached hydrogens (tertiary/aromatic N) is 1. The largest absolute Gasteiger partial charge is 0.491 e. The molecular weight excluding hydrogens is 394 g/mol. The van der Waals surface area contributed by atoms with E-state index in [0.717, 1.165) is 32.0 Å². The number of ether oxygens (including phenoxy) is 1. The molecule has 152 valence electrons. The molecule has 0 aliphatic carbocycles. The third-order valence-corrected chi connectivity index (χ3v) is 5.78. The first-order valence-electron chi connectivity index (χ1n) is 9.80. The van der Waals surface area contributed by atoms with Crippen molar-refractivity contribution >= 4 is 33.8 Å². The number of fused-ring (bicyclic) bond motifs is 1.